The Morgan fingerprint density at radius 2 is 1.97 bits per heavy atom. The van der Waals surface area contributed by atoms with E-state index >= 15 is 0 Å². The predicted molar refractivity (Wildman–Crippen MR) is 122 cm³/mol. The Hall–Kier alpha value is -2.74. The van der Waals surface area contributed by atoms with Crippen molar-refractivity contribution in [2.45, 2.75) is 19.4 Å². The molecule has 4 rings (SSSR count). The van der Waals surface area contributed by atoms with Gasteiger partial charge in [0.15, 0.2) is 0 Å². The summed E-state index contributed by atoms with van der Waals surface area (Å²) in [7, 11) is 0. The van der Waals surface area contributed by atoms with Crippen molar-refractivity contribution in [3.8, 4) is 5.75 Å². The number of aromatic nitrogens is 1. The summed E-state index contributed by atoms with van der Waals surface area (Å²) in [6, 6.07) is 12.9. The van der Waals surface area contributed by atoms with Gasteiger partial charge in [0.25, 0.3) is 0 Å². The van der Waals surface area contributed by atoms with Crippen LogP contribution in [0.25, 0.3) is 10.9 Å². The van der Waals surface area contributed by atoms with E-state index < -0.39 is 0 Å². The first-order valence-corrected chi connectivity index (χ1v) is 11.1. The smallest absolute Gasteiger partial charge is 0.410 e. The molecule has 1 aliphatic heterocycles. The highest BCUT2D eigenvalue weighted by Crippen LogP contribution is 2.39. The number of H-pyrrole nitrogens is 1. The fourth-order valence-electron chi connectivity index (χ4n) is 4.13. The quantitative estimate of drug-likeness (QED) is 0.499. The van der Waals surface area contributed by atoms with Crippen molar-refractivity contribution in [3.05, 3.63) is 64.3 Å². The first-order chi connectivity index (χ1) is 15.5. The lowest BCUT2D eigenvalue weighted by Crippen LogP contribution is -2.40. The average Bonchev–Trinajstić information content (AvgIpc) is 3.17. The van der Waals surface area contributed by atoms with Gasteiger partial charge in [-0.15, -0.1) is 0 Å². The van der Waals surface area contributed by atoms with E-state index in [-0.39, 0.29) is 37.9 Å². The first-order valence-electron chi connectivity index (χ1n) is 10.7. The SMILES string of the molecule is CCOC(=O)N1CCc2c([nH]c3ccc(Cl)cc23)C1c1ccc(OCC(CO)CO)cc1. The fraction of sp³-hybridized carbons (Fsp3) is 0.375. The molecule has 0 aliphatic carbocycles. The molecule has 3 N–H and O–H groups in total. The number of carbonyl (C=O) groups is 1. The van der Waals surface area contributed by atoms with Gasteiger partial charge in [-0.25, -0.2) is 4.79 Å². The van der Waals surface area contributed by atoms with E-state index in [1.54, 1.807) is 11.8 Å². The molecule has 3 aromatic rings. The Bertz CT molecular complexity index is 1080. The van der Waals surface area contributed by atoms with Gasteiger partial charge in [0, 0.05) is 34.1 Å². The van der Waals surface area contributed by atoms with Crippen LogP contribution in [0.2, 0.25) is 5.02 Å². The molecule has 0 saturated carbocycles. The monoisotopic (exact) mass is 458 g/mol. The molecule has 32 heavy (non-hydrogen) atoms. The zero-order valence-electron chi connectivity index (χ0n) is 17.9. The number of hydrogen-bond donors (Lipinski definition) is 3. The maximum Gasteiger partial charge on any atom is 0.410 e. The molecule has 2 heterocycles. The summed E-state index contributed by atoms with van der Waals surface area (Å²) in [6.07, 6.45) is 0.351. The number of benzene rings is 2. The molecule has 0 fully saturated rings. The Kier molecular flexibility index (Phi) is 6.89. The van der Waals surface area contributed by atoms with Crippen molar-refractivity contribution in [3.63, 3.8) is 0 Å². The lowest BCUT2D eigenvalue weighted by atomic mass is 9.92. The highest BCUT2D eigenvalue weighted by molar-refractivity contribution is 6.31. The van der Waals surface area contributed by atoms with Gasteiger partial charge in [-0.1, -0.05) is 23.7 Å². The van der Waals surface area contributed by atoms with Gasteiger partial charge in [-0.05, 0) is 54.8 Å². The Labute approximate surface area is 191 Å². The van der Waals surface area contributed by atoms with E-state index in [2.05, 4.69) is 4.98 Å². The van der Waals surface area contributed by atoms with Crippen molar-refractivity contribution in [2.75, 3.05) is 33.0 Å². The van der Waals surface area contributed by atoms with Crippen molar-refractivity contribution >= 4 is 28.6 Å². The number of aromatic amines is 1. The van der Waals surface area contributed by atoms with Gasteiger partial charge in [0.1, 0.15) is 11.8 Å². The number of ether oxygens (including phenoxy) is 2. The number of aliphatic hydroxyl groups excluding tert-OH is 2. The maximum absolute atomic E-state index is 12.8. The van der Waals surface area contributed by atoms with Crippen LogP contribution in [0.15, 0.2) is 42.5 Å². The second kappa shape index (κ2) is 9.81. The zero-order valence-corrected chi connectivity index (χ0v) is 18.6. The van der Waals surface area contributed by atoms with E-state index in [1.165, 1.54) is 0 Å². The predicted octanol–water partition coefficient (Wildman–Crippen LogP) is 3.90. The molecule has 1 atom stereocenters. The van der Waals surface area contributed by atoms with Crippen molar-refractivity contribution in [1.29, 1.82) is 0 Å². The maximum atomic E-state index is 12.8. The summed E-state index contributed by atoms with van der Waals surface area (Å²) >= 11 is 6.24. The van der Waals surface area contributed by atoms with Gasteiger partial charge < -0.3 is 24.7 Å². The van der Waals surface area contributed by atoms with Gasteiger partial charge >= 0.3 is 6.09 Å². The molecule has 8 heteroatoms. The summed E-state index contributed by atoms with van der Waals surface area (Å²) in [6.45, 7) is 2.57. The lowest BCUT2D eigenvalue weighted by molar-refractivity contribution is 0.0932. The zero-order chi connectivity index (χ0) is 22.7. The van der Waals surface area contributed by atoms with E-state index in [9.17, 15) is 15.0 Å². The van der Waals surface area contributed by atoms with Crippen LogP contribution >= 0.6 is 11.6 Å². The third-order valence-corrected chi connectivity index (χ3v) is 6.02. The third kappa shape index (κ3) is 4.41. The number of aliphatic hydroxyl groups is 2. The highest BCUT2D eigenvalue weighted by atomic mass is 35.5. The number of hydrogen-bond acceptors (Lipinski definition) is 5. The molecule has 1 aromatic heterocycles. The number of amides is 1. The normalized spacial score (nSPS) is 15.8. The molecule has 0 bridgehead atoms. The van der Waals surface area contributed by atoms with E-state index in [1.807, 2.05) is 42.5 Å². The Morgan fingerprint density at radius 3 is 2.66 bits per heavy atom. The van der Waals surface area contributed by atoms with Gasteiger partial charge in [0.2, 0.25) is 0 Å². The van der Waals surface area contributed by atoms with Crippen LogP contribution in [0.3, 0.4) is 0 Å². The molecule has 2 aromatic carbocycles. The van der Waals surface area contributed by atoms with E-state index in [0.717, 1.165) is 27.7 Å². The highest BCUT2D eigenvalue weighted by Gasteiger charge is 2.35. The molecule has 1 unspecified atom stereocenters. The van der Waals surface area contributed by atoms with Crippen molar-refractivity contribution < 1.29 is 24.5 Å². The number of nitrogens with one attached hydrogen (secondary N) is 1. The summed E-state index contributed by atoms with van der Waals surface area (Å²) < 4.78 is 11.0. The second-order valence-corrected chi connectivity index (χ2v) is 8.30. The molecule has 0 spiro atoms. The number of fused-ring (bicyclic) bond motifs is 3. The van der Waals surface area contributed by atoms with Crippen LogP contribution in [0.4, 0.5) is 4.79 Å². The fourth-order valence-corrected chi connectivity index (χ4v) is 4.31. The van der Waals surface area contributed by atoms with Gasteiger partial charge in [0.05, 0.1) is 26.4 Å². The minimum atomic E-state index is -0.353. The Morgan fingerprint density at radius 1 is 1.22 bits per heavy atom. The Balaban J connectivity index is 1.68. The molecule has 0 saturated heterocycles. The lowest BCUT2D eigenvalue weighted by Gasteiger charge is -2.35. The first kappa shape index (κ1) is 22.5. The minimum Gasteiger partial charge on any atom is -0.493 e. The standard InChI is InChI=1S/C24H27ClN2O5/c1-2-31-24(30)27-10-9-19-20-11-17(25)5-8-21(20)26-22(19)23(27)16-3-6-18(7-4-16)32-14-15(12-28)13-29/h3-8,11,15,23,26,28-29H,2,9-10,12-14H2,1H3. The third-order valence-electron chi connectivity index (χ3n) is 5.79. The van der Waals surface area contributed by atoms with Crippen LogP contribution in [0.5, 0.6) is 5.75 Å². The topological polar surface area (TPSA) is 95.0 Å². The van der Waals surface area contributed by atoms with Crippen molar-refractivity contribution in [1.82, 2.24) is 9.88 Å². The molecular formula is C24H27ClN2O5. The van der Waals surface area contributed by atoms with Crippen LogP contribution in [0.1, 0.15) is 29.8 Å². The molecular weight excluding hydrogens is 432 g/mol. The summed E-state index contributed by atoms with van der Waals surface area (Å²) in [5.41, 5.74) is 4.01. The second-order valence-electron chi connectivity index (χ2n) is 7.86. The largest absolute Gasteiger partial charge is 0.493 e. The number of nitrogens with zero attached hydrogens (tertiary/aromatic N) is 1. The number of rotatable bonds is 7. The van der Waals surface area contributed by atoms with Gasteiger partial charge in [-0.3, -0.25) is 4.90 Å². The van der Waals surface area contributed by atoms with Crippen LogP contribution in [0, 0.1) is 5.92 Å². The van der Waals surface area contributed by atoms with Crippen LogP contribution in [-0.2, 0) is 11.2 Å². The molecule has 0 radical (unpaired) electrons. The number of carbonyl (C=O) groups excluding carboxylic acids is 1. The molecule has 1 amide bonds. The number of halogens is 1. The molecule has 170 valence electrons. The minimum absolute atomic E-state index is 0.141. The molecule has 1 aliphatic rings. The van der Waals surface area contributed by atoms with Crippen LogP contribution < -0.4 is 4.74 Å². The summed E-state index contributed by atoms with van der Waals surface area (Å²) in [5, 5.41) is 20.2. The summed E-state index contributed by atoms with van der Waals surface area (Å²) in [5.74, 6) is 0.302. The average molecular weight is 459 g/mol. The summed E-state index contributed by atoms with van der Waals surface area (Å²) in [4.78, 5) is 18.0. The van der Waals surface area contributed by atoms with E-state index in [0.29, 0.717) is 30.3 Å². The van der Waals surface area contributed by atoms with E-state index in [4.69, 9.17) is 21.1 Å². The van der Waals surface area contributed by atoms with Crippen molar-refractivity contribution in [2.24, 2.45) is 5.92 Å². The van der Waals surface area contributed by atoms with Crippen LogP contribution in [-0.4, -0.2) is 59.2 Å². The molecule has 7 nitrogen and oxygen atoms in total. The van der Waals surface area contributed by atoms with Gasteiger partial charge in [-0.2, -0.15) is 0 Å².